The number of anilines is 1. The molecule has 0 aliphatic carbocycles. The van der Waals surface area contributed by atoms with Crippen LogP contribution < -0.4 is 5.32 Å². The van der Waals surface area contributed by atoms with Crippen LogP contribution >= 0.6 is 34.5 Å². The fourth-order valence-electron chi connectivity index (χ4n) is 1.58. The molecule has 0 bridgehead atoms. The summed E-state index contributed by atoms with van der Waals surface area (Å²) >= 11 is 13.2. The standard InChI is InChI=1S/C14H15Cl2FN2S/c1-14(2,3)13-19-7-9(20-13)6-18-8-4-10(15)12(17)11(16)5-8/h4-5,7,18H,6H2,1-3H3. The largest absolute Gasteiger partial charge is 0.380 e. The van der Waals surface area contributed by atoms with Crippen LogP contribution in [-0.2, 0) is 12.0 Å². The SMILES string of the molecule is CC(C)(C)c1ncc(CNc2cc(Cl)c(F)c(Cl)c2)s1. The van der Waals surface area contributed by atoms with E-state index in [-0.39, 0.29) is 15.5 Å². The van der Waals surface area contributed by atoms with Gasteiger partial charge >= 0.3 is 0 Å². The zero-order valence-electron chi connectivity index (χ0n) is 11.4. The Morgan fingerprint density at radius 1 is 1.25 bits per heavy atom. The van der Waals surface area contributed by atoms with Crippen molar-refractivity contribution in [3.05, 3.63) is 44.1 Å². The maximum absolute atomic E-state index is 13.3. The maximum Gasteiger partial charge on any atom is 0.160 e. The van der Waals surface area contributed by atoms with Crippen LogP contribution in [0.25, 0.3) is 0 Å². The van der Waals surface area contributed by atoms with Crippen LogP contribution in [0.3, 0.4) is 0 Å². The lowest BCUT2D eigenvalue weighted by Gasteiger charge is -2.13. The van der Waals surface area contributed by atoms with E-state index in [1.807, 2.05) is 6.20 Å². The van der Waals surface area contributed by atoms with E-state index < -0.39 is 5.82 Å². The van der Waals surface area contributed by atoms with Gasteiger partial charge in [-0.3, -0.25) is 0 Å². The highest BCUT2D eigenvalue weighted by Gasteiger charge is 2.17. The van der Waals surface area contributed by atoms with Gasteiger partial charge in [0.15, 0.2) is 5.82 Å². The number of hydrogen-bond acceptors (Lipinski definition) is 3. The van der Waals surface area contributed by atoms with E-state index in [1.54, 1.807) is 11.3 Å². The van der Waals surface area contributed by atoms with Gasteiger partial charge in [-0.1, -0.05) is 44.0 Å². The van der Waals surface area contributed by atoms with Crippen LogP contribution in [0.15, 0.2) is 18.3 Å². The Kier molecular flexibility index (Phi) is 4.57. The van der Waals surface area contributed by atoms with E-state index in [2.05, 4.69) is 31.1 Å². The van der Waals surface area contributed by atoms with Crippen molar-refractivity contribution in [3.8, 4) is 0 Å². The van der Waals surface area contributed by atoms with Crippen LogP contribution in [0, 0.1) is 5.82 Å². The summed E-state index contributed by atoms with van der Waals surface area (Å²) in [7, 11) is 0. The summed E-state index contributed by atoms with van der Waals surface area (Å²) in [5.74, 6) is -0.591. The summed E-state index contributed by atoms with van der Waals surface area (Å²) in [5.41, 5.74) is 0.734. The summed E-state index contributed by atoms with van der Waals surface area (Å²) in [6.07, 6.45) is 1.85. The molecule has 0 aliphatic rings. The van der Waals surface area contributed by atoms with Crippen LogP contribution in [0.5, 0.6) is 0 Å². The molecule has 0 aliphatic heterocycles. The van der Waals surface area contributed by atoms with Crippen molar-refractivity contribution < 1.29 is 4.39 Å². The summed E-state index contributed by atoms with van der Waals surface area (Å²) in [6.45, 7) is 6.99. The third-order valence-corrected chi connectivity index (χ3v) is 4.62. The number of nitrogens with one attached hydrogen (secondary N) is 1. The minimum atomic E-state index is -0.591. The van der Waals surface area contributed by atoms with Gasteiger partial charge in [0.2, 0.25) is 0 Å². The van der Waals surface area contributed by atoms with Crippen molar-refractivity contribution in [2.24, 2.45) is 0 Å². The summed E-state index contributed by atoms with van der Waals surface area (Å²) in [4.78, 5) is 5.52. The molecule has 0 saturated carbocycles. The second-order valence-electron chi connectivity index (χ2n) is 5.49. The second kappa shape index (κ2) is 5.88. The molecule has 0 saturated heterocycles. The van der Waals surface area contributed by atoms with E-state index >= 15 is 0 Å². The summed E-state index contributed by atoms with van der Waals surface area (Å²) in [5, 5.41) is 4.28. The number of thiazole rings is 1. The molecule has 1 N–H and O–H groups in total. The molecule has 0 amide bonds. The van der Waals surface area contributed by atoms with Gasteiger partial charge in [0, 0.05) is 22.2 Å². The number of rotatable bonds is 3. The molecular formula is C14H15Cl2FN2S. The van der Waals surface area contributed by atoms with E-state index in [4.69, 9.17) is 23.2 Å². The van der Waals surface area contributed by atoms with Crippen molar-refractivity contribution in [2.45, 2.75) is 32.7 Å². The smallest absolute Gasteiger partial charge is 0.160 e. The summed E-state index contributed by atoms with van der Waals surface area (Å²) < 4.78 is 13.3. The lowest BCUT2D eigenvalue weighted by Crippen LogP contribution is -2.09. The highest BCUT2D eigenvalue weighted by Crippen LogP contribution is 2.29. The molecule has 1 heterocycles. The number of benzene rings is 1. The molecule has 20 heavy (non-hydrogen) atoms. The highest BCUT2D eigenvalue weighted by atomic mass is 35.5. The molecule has 0 unspecified atom stereocenters. The predicted octanol–water partition coefficient (Wildman–Crippen LogP) is 5.50. The quantitative estimate of drug-likeness (QED) is 0.750. The zero-order valence-corrected chi connectivity index (χ0v) is 13.8. The Balaban J connectivity index is 2.08. The normalized spacial score (nSPS) is 11.7. The first-order valence-electron chi connectivity index (χ1n) is 6.11. The van der Waals surface area contributed by atoms with Crippen LogP contribution in [0.2, 0.25) is 10.0 Å². The van der Waals surface area contributed by atoms with E-state index in [9.17, 15) is 4.39 Å². The minimum absolute atomic E-state index is 0.0136. The Hall–Kier alpha value is -0.840. The van der Waals surface area contributed by atoms with Gasteiger partial charge in [-0.25, -0.2) is 9.37 Å². The fourth-order valence-corrected chi connectivity index (χ4v) is 2.98. The molecule has 2 nitrogen and oxygen atoms in total. The van der Waals surface area contributed by atoms with Crippen molar-refractivity contribution >= 4 is 40.2 Å². The van der Waals surface area contributed by atoms with E-state index in [0.717, 1.165) is 9.88 Å². The fraction of sp³-hybridized carbons (Fsp3) is 0.357. The first kappa shape index (κ1) is 15.5. The maximum atomic E-state index is 13.3. The van der Waals surface area contributed by atoms with E-state index in [0.29, 0.717) is 12.2 Å². The van der Waals surface area contributed by atoms with Crippen LogP contribution in [0.1, 0.15) is 30.7 Å². The molecule has 0 spiro atoms. The molecule has 1 aromatic heterocycles. The Morgan fingerprint density at radius 3 is 2.35 bits per heavy atom. The Morgan fingerprint density at radius 2 is 1.85 bits per heavy atom. The lowest BCUT2D eigenvalue weighted by atomic mass is 9.98. The zero-order chi connectivity index (χ0) is 14.9. The molecule has 1 aromatic carbocycles. The third kappa shape index (κ3) is 3.62. The summed E-state index contributed by atoms with van der Waals surface area (Å²) in [6, 6.07) is 3.04. The van der Waals surface area contributed by atoms with Crippen molar-refractivity contribution in [3.63, 3.8) is 0 Å². The topological polar surface area (TPSA) is 24.9 Å². The third-order valence-electron chi connectivity index (χ3n) is 2.65. The van der Waals surface area contributed by atoms with Gasteiger partial charge in [0.05, 0.1) is 21.6 Å². The predicted molar refractivity (Wildman–Crippen MR) is 84.6 cm³/mol. The number of nitrogens with zero attached hydrogens (tertiary/aromatic N) is 1. The monoisotopic (exact) mass is 332 g/mol. The molecule has 6 heteroatoms. The van der Waals surface area contributed by atoms with Gasteiger partial charge in [0.1, 0.15) is 0 Å². The lowest BCUT2D eigenvalue weighted by molar-refractivity contribution is 0.585. The van der Waals surface area contributed by atoms with Gasteiger partial charge in [-0.2, -0.15) is 0 Å². The van der Waals surface area contributed by atoms with Crippen LogP contribution in [-0.4, -0.2) is 4.98 Å². The molecule has 0 fully saturated rings. The number of aromatic nitrogens is 1. The van der Waals surface area contributed by atoms with Crippen molar-refractivity contribution in [1.29, 1.82) is 0 Å². The van der Waals surface area contributed by atoms with Gasteiger partial charge in [0.25, 0.3) is 0 Å². The van der Waals surface area contributed by atoms with Gasteiger partial charge < -0.3 is 5.32 Å². The van der Waals surface area contributed by atoms with Gasteiger partial charge in [-0.05, 0) is 12.1 Å². The number of halogens is 3. The number of hydrogen-bond donors (Lipinski definition) is 1. The minimum Gasteiger partial charge on any atom is -0.380 e. The molecule has 2 aromatic rings. The average Bonchev–Trinajstić information content (AvgIpc) is 2.82. The van der Waals surface area contributed by atoms with Crippen LogP contribution in [0.4, 0.5) is 10.1 Å². The molecule has 2 rings (SSSR count). The van der Waals surface area contributed by atoms with E-state index in [1.165, 1.54) is 12.1 Å². The highest BCUT2D eigenvalue weighted by molar-refractivity contribution is 7.11. The molecule has 0 radical (unpaired) electrons. The second-order valence-corrected chi connectivity index (χ2v) is 7.42. The molecule has 108 valence electrons. The average molecular weight is 333 g/mol. The molecule has 0 atom stereocenters. The first-order valence-corrected chi connectivity index (χ1v) is 7.68. The van der Waals surface area contributed by atoms with Crippen molar-refractivity contribution in [2.75, 3.05) is 5.32 Å². The first-order chi connectivity index (χ1) is 9.27. The molecular weight excluding hydrogens is 318 g/mol. The van der Waals surface area contributed by atoms with Gasteiger partial charge in [-0.15, -0.1) is 11.3 Å². The Bertz CT molecular complexity index is 597. The van der Waals surface area contributed by atoms with Crippen molar-refractivity contribution in [1.82, 2.24) is 4.98 Å². The Labute approximate surface area is 131 Å².